The second-order valence-electron chi connectivity index (χ2n) is 2.15. The zero-order chi connectivity index (χ0) is 9.73. The monoisotopic (exact) mass is 360 g/mol. The van der Waals surface area contributed by atoms with Gasteiger partial charge in [-0.25, -0.2) is 0 Å². The Labute approximate surface area is 88.2 Å². The summed E-state index contributed by atoms with van der Waals surface area (Å²) < 4.78 is 21.6. The van der Waals surface area contributed by atoms with Gasteiger partial charge in [-0.05, 0) is 0 Å². The van der Waals surface area contributed by atoms with Gasteiger partial charge in [0.25, 0.3) is 0 Å². The molecule has 0 N–H and O–H groups in total. The first-order valence-electron chi connectivity index (χ1n) is 3.72. The predicted octanol–water partition coefficient (Wildman–Crippen LogP) is 3.63. The summed E-state index contributed by atoms with van der Waals surface area (Å²) in [4.78, 5) is 0. The van der Waals surface area contributed by atoms with Crippen LogP contribution in [0.15, 0.2) is 30.3 Å². The molecule has 1 rings (SSSR count). The molecule has 0 amide bonds. The number of hydrogen-bond donors (Lipinski definition) is 0. The Balaban J connectivity index is 2.64. The zero-order valence-electron chi connectivity index (χ0n) is 7.07. The van der Waals surface area contributed by atoms with Crippen LogP contribution in [0, 0.1) is 0 Å². The van der Waals surface area contributed by atoms with Gasteiger partial charge in [-0.15, -0.1) is 0 Å². The zero-order valence-corrected chi connectivity index (χ0v) is 10.8. The molecule has 0 aromatic heterocycles. The minimum absolute atomic E-state index is 0.373. The second kappa shape index (κ2) is 5.02. The van der Waals surface area contributed by atoms with Crippen LogP contribution >= 0.6 is 29.7 Å². The number of halogens is 2. The average molecular weight is 361 g/mol. The molecule has 3 nitrogen and oxygen atoms in total. The van der Waals surface area contributed by atoms with E-state index in [4.69, 9.17) is 6.13 Å². The van der Waals surface area contributed by atoms with Crippen molar-refractivity contribution in [2.75, 3.05) is 6.61 Å². The molecule has 0 fully saturated rings. The van der Waals surface area contributed by atoms with Gasteiger partial charge < -0.3 is 0 Å². The molecule has 0 saturated carbocycles. The van der Waals surface area contributed by atoms with Crippen LogP contribution in [0.25, 0.3) is 0 Å². The van der Waals surface area contributed by atoms with Crippen molar-refractivity contribution in [3.05, 3.63) is 30.3 Å². The van der Waals surface area contributed by atoms with E-state index in [0.717, 1.165) is 0 Å². The molecule has 13 heavy (non-hydrogen) atoms. The van der Waals surface area contributed by atoms with Gasteiger partial charge in [0, 0.05) is 0 Å². The van der Waals surface area contributed by atoms with Crippen molar-refractivity contribution < 1.29 is 9.20 Å². The van der Waals surface area contributed by atoms with E-state index in [9.17, 15) is 3.07 Å². The van der Waals surface area contributed by atoms with Gasteiger partial charge in [-0.2, -0.15) is 0 Å². The van der Waals surface area contributed by atoms with Crippen molar-refractivity contribution in [2.24, 2.45) is 0 Å². The molecule has 5 heteroatoms. The molecule has 0 bridgehead atoms. The van der Waals surface area contributed by atoms with Crippen LogP contribution in [0.3, 0.4) is 0 Å². The van der Waals surface area contributed by atoms with Crippen molar-refractivity contribution in [2.45, 2.75) is 6.92 Å². The molecule has 0 radical (unpaired) electrons. The molecule has 1 unspecified atom stereocenters. The molecule has 0 heterocycles. The van der Waals surface area contributed by atoms with Gasteiger partial charge in [0.05, 0.1) is 0 Å². The number of para-hydroxylation sites is 1. The first kappa shape index (κ1) is 11.1. The van der Waals surface area contributed by atoms with E-state index in [1.54, 1.807) is 19.1 Å². The molecular weight excluding hydrogens is 351 g/mol. The number of benzene rings is 1. The van der Waals surface area contributed by atoms with Gasteiger partial charge in [-0.3, -0.25) is 0 Å². The molecular formula is C8H10BrIO3. The summed E-state index contributed by atoms with van der Waals surface area (Å²) in [6, 6.07) is 8.95. The first-order valence-corrected chi connectivity index (χ1v) is 11.2. The van der Waals surface area contributed by atoms with Crippen molar-refractivity contribution in [3.8, 4) is 5.75 Å². The average Bonchev–Trinajstić information content (AvgIpc) is 2.04. The van der Waals surface area contributed by atoms with Gasteiger partial charge in [0.1, 0.15) is 0 Å². The van der Waals surface area contributed by atoms with Crippen LogP contribution in [-0.4, -0.2) is 6.61 Å². The summed E-state index contributed by atoms with van der Waals surface area (Å²) in [6.45, 7) is 2.14. The van der Waals surface area contributed by atoms with Crippen LogP contribution in [0.2, 0.25) is 0 Å². The quantitative estimate of drug-likeness (QED) is 0.769. The van der Waals surface area contributed by atoms with E-state index >= 15 is 0 Å². The molecule has 1 aromatic rings. The third-order valence-corrected chi connectivity index (χ3v) is 5.55. The van der Waals surface area contributed by atoms with E-state index in [0.29, 0.717) is 12.4 Å². The molecule has 0 spiro atoms. The van der Waals surface area contributed by atoms with Crippen LogP contribution in [-0.2, 0) is 6.14 Å². The molecule has 1 atom stereocenters. The Morgan fingerprint density at radius 1 is 1.38 bits per heavy atom. The van der Waals surface area contributed by atoms with Gasteiger partial charge in [0.15, 0.2) is 0 Å². The Kier molecular flexibility index (Phi) is 4.27. The predicted molar refractivity (Wildman–Crippen MR) is 62.3 cm³/mol. The fraction of sp³-hybridized carbons (Fsp3) is 0.250. The summed E-state index contributed by atoms with van der Waals surface area (Å²) in [5.74, 6) is 0.555. The van der Waals surface area contributed by atoms with Gasteiger partial charge in [-0.1, -0.05) is 0 Å². The van der Waals surface area contributed by atoms with E-state index in [2.05, 4.69) is 12.7 Å². The summed E-state index contributed by atoms with van der Waals surface area (Å²) in [5, 5.41) is 0. The van der Waals surface area contributed by atoms with Crippen LogP contribution in [0.4, 0.5) is 0 Å². The molecule has 0 aliphatic rings. The van der Waals surface area contributed by atoms with E-state index in [-0.39, 0.29) is 0 Å². The number of hydrogen-bond acceptors (Lipinski definition) is 3. The van der Waals surface area contributed by atoms with E-state index in [1.165, 1.54) is 0 Å². The van der Waals surface area contributed by atoms with E-state index in [1.807, 2.05) is 18.2 Å². The number of rotatable bonds is 4. The summed E-state index contributed by atoms with van der Waals surface area (Å²) in [5.41, 5.74) is 0. The Morgan fingerprint density at radius 2 is 2.00 bits per heavy atom. The van der Waals surface area contributed by atoms with E-state index < -0.39 is 17.0 Å². The summed E-state index contributed by atoms with van der Waals surface area (Å²) in [6.07, 6.45) is 0. The molecule has 0 aliphatic heterocycles. The van der Waals surface area contributed by atoms with Gasteiger partial charge >= 0.3 is 88.5 Å². The molecule has 1 aromatic carbocycles. The SMILES string of the molecule is CCOI(=O)(Br)Oc1ccccc1. The van der Waals surface area contributed by atoms with Crippen molar-refractivity contribution in [1.29, 1.82) is 0 Å². The first-order chi connectivity index (χ1) is 6.14. The standard InChI is InChI=1S/C8H10BrIO3/c1-2-12-10(9,11)13-8-6-4-3-5-7-8/h3-7H,2H2,1H3. The minimum atomic E-state index is -3.80. The topological polar surface area (TPSA) is 35.5 Å². The van der Waals surface area contributed by atoms with Crippen molar-refractivity contribution >= 4 is 29.7 Å². The maximum absolute atomic E-state index is 11.5. The second-order valence-corrected chi connectivity index (χ2v) is 10.2. The van der Waals surface area contributed by atoms with Crippen molar-refractivity contribution in [3.63, 3.8) is 0 Å². The van der Waals surface area contributed by atoms with Crippen LogP contribution < -0.4 is 3.07 Å². The summed E-state index contributed by atoms with van der Waals surface area (Å²) in [7, 11) is 0. The van der Waals surface area contributed by atoms with Gasteiger partial charge in [0.2, 0.25) is 0 Å². The summed E-state index contributed by atoms with van der Waals surface area (Å²) >= 11 is -0.837. The maximum atomic E-state index is 11.5. The fourth-order valence-electron chi connectivity index (χ4n) is 0.731. The molecule has 0 aliphatic carbocycles. The molecule has 0 saturated heterocycles. The van der Waals surface area contributed by atoms with Crippen LogP contribution in [0.1, 0.15) is 6.92 Å². The van der Waals surface area contributed by atoms with Crippen molar-refractivity contribution in [1.82, 2.24) is 0 Å². The Morgan fingerprint density at radius 3 is 2.54 bits per heavy atom. The van der Waals surface area contributed by atoms with Crippen LogP contribution in [0.5, 0.6) is 5.75 Å². The Bertz CT molecular complexity index is 302. The fourth-order valence-corrected chi connectivity index (χ4v) is 4.61. The third kappa shape index (κ3) is 4.15. The Hall–Kier alpha value is -0.0100. The molecule has 74 valence electrons. The third-order valence-electron chi connectivity index (χ3n) is 1.16. The normalized spacial score (nSPS) is 17.4.